The van der Waals surface area contributed by atoms with Crippen LogP contribution in [0, 0.1) is 0 Å². The van der Waals surface area contributed by atoms with Gasteiger partial charge >= 0.3 is 0 Å². The molecule has 9 rings (SSSR count). The average molecular weight is 549 g/mol. The van der Waals surface area contributed by atoms with Gasteiger partial charge in [0.05, 0.1) is 22.4 Å². The number of hydrogen-bond donors (Lipinski definition) is 0. The maximum Gasteiger partial charge on any atom is 0.136 e. The van der Waals surface area contributed by atoms with E-state index >= 15 is 0 Å². The van der Waals surface area contributed by atoms with Crippen molar-refractivity contribution in [3.8, 4) is 33.6 Å². The lowest BCUT2D eigenvalue weighted by Crippen LogP contribution is -1.96. The first kappa shape index (κ1) is 23.9. The summed E-state index contributed by atoms with van der Waals surface area (Å²) in [5.41, 5.74) is 9.78. The second kappa shape index (κ2) is 9.37. The van der Waals surface area contributed by atoms with Crippen molar-refractivity contribution in [2.75, 3.05) is 0 Å². The summed E-state index contributed by atoms with van der Waals surface area (Å²) in [5, 5.41) is 6.92. The molecule has 0 unspecified atom stereocenters. The van der Waals surface area contributed by atoms with Crippen molar-refractivity contribution in [3.05, 3.63) is 146 Å². The molecule has 0 aliphatic heterocycles. The molecule has 0 radical (unpaired) electrons. The van der Waals surface area contributed by atoms with Crippen LogP contribution in [0.15, 0.2) is 150 Å². The lowest BCUT2D eigenvalue weighted by molar-refractivity contribution is 0.669. The zero-order valence-corrected chi connectivity index (χ0v) is 23.2. The largest absolute Gasteiger partial charge is 0.456 e. The molecule has 0 bridgehead atoms. The number of rotatable bonds is 3. The van der Waals surface area contributed by atoms with Crippen molar-refractivity contribution in [2.24, 2.45) is 0 Å². The molecule has 200 valence electrons. The van der Waals surface area contributed by atoms with E-state index < -0.39 is 0 Å². The van der Waals surface area contributed by atoms with E-state index in [1.54, 1.807) is 0 Å². The monoisotopic (exact) mass is 548 g/mol. The molecule has 0 atom stereocenters. The summed E-state index contributed by atoms with van der Waals surface area (Å²) in [6, 6.07) is 50.7. The van der Waals surface area contributed by atoms with Gasteiger partial charge in [0, 0.05) is 27.5 Å². The van der Waals surface area contributed by atoms with Crippen molar-refractivity contribution in [3.63, 3.8) is 0 Å². The van der Waals surface area contributed by atoms with Gasteiger partial charge in [0.15, 0.2) is 0 Å². The van der Waals surface area contributed by atoms with Crippen LogP contribution in [0.2, 0.25) is 0 Å². The van der Waals surface area contributed by atoms with Gasteiger partial charge < -0.3 is 4.42 Å². The minimum absolute atomic E-state index is 0.879. The van der Waals surface area contributed by atoms with E-state index in [9.17, 15) is 0 Å². The Kier molecular flexibility index (Phi) is 5.20. The fraction of sp³-hybridized carbons (Fsp3) is 0. The number of fused-ring (bicyclic) bond motifs is 6. The Balaban J connectivity index is 1.39. The SMILES string of the molecule is c1ccc(-c2nc3ccccc3nc2-c2cccc3c(-c4c5ccccc5cc5oc6ccccc6c45)cccc23)cc1. The Morgan fingerprint density at radius 2 is 1.02 bits per heavy atom. The second-order valence-corrected chi connectivity index (χ2v) is 10.9. The molecule has 2 aromatic heterocycles. The van der Waals surface area contributed by atoms with Crippen LogP contribution in [0.5, 0.6) is 0 Å². The molecule has 0 N–H and O–H groups in total. The van der Waals surface area contributed by atoms with Crippen molar-refractivity contribution < 1.29 is 4.42 Å². The van der Waals surface area contributed by atoms with Crippen LogP contribution in [0.4, 0.5) is 0 Å². The lowest BCUT2D eigenvalue weighted by Gasteiger charge is -2.16. The van der Waals surface area contributed by atoms with Crippen LogP contribution in [-0.2, 0) is 0 Å². The van der Waals surface area contributed by atoms with Gasteiger partial charge in [0.1, 0.15) is 11.2 Å². The predicted octanol–water partition coefficient (Wildman–Crippen LogP) is 10.8. The maximum absolute atomic E-state index is 6.42. The molecule has 3 heteroatoms. The van der Waals surface area contributed by atoms with Gasteiger partial charge in [-0.15, -0.1) is 0 Å². The molecule has 2 heterocycles. The van der Waals surface area contributed by atoms with Crippen LogP contribution >= 0.6 is 0 Å². The minimum atomic E-state index is 0.879. The molecule has 0 spiro atoms. The zero-order valence-electron chi connectivity index (χ0n) is 23.2. The normalized spacial score (nSPS) is 11.7. The van der Waals surface area contributed by atoms with Crippen molar-refractivity contribution in [2.45, 2.75) is 0 Å². The van der Waals surface area contributed by atoms with Gasteiger partial charge in [-0.25, -0.2) is 9.97 Å². The van der Waals surface area contributed by atoms with Gasteiger partial charge in [-0.3, -0.25) is 0 Å². The maximum atomic E-state index is 6.42. The highest BCUT2D eigenvalue weighted by Crippen LogP contribution is 2.45. The van der Waals surface area contributed by atoms with Gasteiger partial charge in [0.2, 0.25) is 0 Å². The molecule has 0 aliphatic rings. The Hall–Kier alpha value is -5.80. The fourth-order valence-corrected chi connectivity index (χ4v) is 6.55. The smallest absolute Gasteiger partial charge is 0.136 e. The zero-order chi connectivity index (χ0) is 28.3. The molecule has 3 nitrogen and oxygen atoms in total. The fourth-order valence-electron chi connectivity index (χ4n) is 6.55. The first-order chi connectivity index (χ1) is 21.3. The lowest BCUT2D eigenvalue weighted by atomic mass is 9.88. The summed E-state index contributed by atoms with van der Waals surface area (Å²) >= 11 is 0. The van der Waals surface area contributed by atoms with Crippen LogP contribution in [0.25, 0.3) is 88.2 Å². The van der Waals surface area contributed by atoms with Gasteiger partial charge in [-0.1, -0.05) is 121 Å². The van der Waals surface area contributed by atoms with Gasteiger partial charge in [0.25, 0.3) is 0 Å². The average Bonchev–Trinajstić information content (AvgIpc) is 3.44. The number of nitrogens with zero attached hydrogens (tertiary/aromatic N) is 2. The van der Waals surface area contributed by atoms with E-state index in [1.807, 2.05) is 36.4 Å². The third kappa shape index (κ3) is 3.68. The highest BCUT2D eigenvalue weighted by atomic mass is 16.3. The predicted molar refractivity (Wildman–Crippen MR) is 178 cm³/mol. The van der Waals surface area contributed by atoms with E-state index in [2.05, 4.69) is 109 Å². The topological polar surface area (TPSA) is 38.9 Å². The van der Waals surface area contributed by atoms with E-state index in [1.165, 1.54) is 16.5 Å². The molecule has 0 saturated heterocycles. The molecule has 0 aliphatic carbocycles. The standard InChI is InChI=1S/C40H24N2O/c1-2-12-25(13-3-1)39-40(42-34-22-8-7-21-33(34)41-39)31-20-11-17-28-29(31)18-10-19-30(28)37-27-15-5-4-14-26(27)24-36-38(37)32-16-6-9-23-35(32)43-36/h1-24H. The van der Waals surface area contributed by atoms with Crippen LogP contribution in [0.3, 0.4) is 0 Å². The third-order valence-corrected chi connectivity index (χ3v) is 8.45. The Bertz CT molecular complexity index is 2510. The highest BCUT2D eigenvalue weighted by molar-refractivity contribution is 6.23. The molecular weight excluding hydrogens is 524 g/mol. The summed E-state index contributed by atoms with van der Waals surface area (Å²) in [5.74, 6) is 0. The summed E-state index contributed by atoms with van der Waals surface area (Å²) in [7, 11) is 0. The van der Waals surface area contributed by atoms with Gasteiger partial charge in [-0.2, -0.15) is 0 Å². The van der Waals surface area contributed by atoms with Crippen LogP contribution in [-0.4, -0.2) is 9.97 Å². The number of aromatic nitrogens is 2. The number of furan rings is 1. The number of benzene rings is 7. The Morgan fingerprint density at radius 3 is 1.84 bits per heavy atom. The molecule has 0 saturated carbocycles. The highest BCUT2D eigenvalue weighted by Gasteiger charge is 2.20. The van der Waals surface area contributed by atoms with Crippen LogP contribution in [0.1, 0.15) is 0 Å². The van der Waals surface area contributed by atoms with E-state index in [4.69, 9.17) is 14.4 Å². The minimum Gasteiger partial charge on any atom is -0.456 e. The first-order valence-corrected chi connectivity index (χ1v) is 14.5. The molecule has 0 fully saturated rings. The molecule has 43 heavy (non-hydrogen) atoms. The van der Waals surface area contributed by atoms with Crippen LogP contribution < -0.4 is 0 Å². The first-order valence-electron chi connectivity index (χ1n) is 14.5. The van der Waals surface area contributed by atoms with Gasteiger partial charge in [-0.05, 0) is 51.4 Å². The Labute approximate surface area is 247 Å². The molecular formula is C40H24N2O. The van der Waals surface area contributed by atoms with Crippen molar-refractivity contribution >= 4 is 54.5 Å². The summed E-state index contributed by atoms with van der Waals surface area (Å²) < 4.78 is 6.42. The van der Waals surface area contributed by atoms with Crippen molar-refractivity contribution in [1.29, 1.82) is 0 Å². The summed E-state index contributed by atoms with van der Waals surface area (Å²) in [6.07, 6.45) is 0. The van der Waals surface area contributed by atoms with E-state index in [0.717, 1.165) is 71.6 Å². The molecule has 7 aromatic carbocycles. The Morgan fingerprint density at radius 1 is 0.419 bits per heavy atom. The van der Waals surface area contributed by atoms with E-state index in [0.29, 0.717) is 0 Å². The number of hydrogen-bond acceptors (Lipinski definition) is 3. The second-order valence-electron chi connectivity index (χ2n) is 10.9. The van der Waals surface area contributed by atoms with Crippen molar-refractivity contribution in [1.82, 2.24) is 9.97 Å². The summed E-state index contributed by atoms with van der Waals surface area (Å²) in [6.45, 7) is 0. The quantitative estimate of drug-likeness (QED) is 0.220. The molecule has 0 amide bonds. The van der Waals surface area contributed by atoms with E-state index in [-0.39, 0.29) is 0 Å². The summed E-state index contributed by atoms with van der Waals surface area (Å²) in [4.78, 5) is 10.4. The third-order valence-electron chi connectivity index (χ3n) is 8.45. The number of para-hydroxylation sites is 3. The molecule has 9 aromatic rings.